The molecule has 4 nitrogen and oxygen atoms in total. The van der Waals surface area contributed by atoms with E-state index in [0.717, 1.165) is 10.0 Å². The Kier molecular flexibility index (Phi) is 6.66. The van der Waals surface area contributed by atoms with E-state index in [-0.39, 0.29) is 18.6 Å². The maximum atomic E-state index is 12.3. The lowest BCUT2D eigenvalue weighted by Gasteiger charge is -2.29. The van der Waals surface area contributed by atoms with Gasteiger partial charge in [0.25, 0.3) is 5.91 Å². The minimum absolute atomic E-state index is 0.149. The van der Waals surface area contributed by atoms with Crippen LogP contribution in [-0.4, -0.2) is 35.6 Å². The second kappa shape index (κ2) is 8.51. The molecule has 0 radical (unpaired) electrons. The third-order valence-electron chi connectivity index (χ3n) is 3.85. The molecule has 0 aromatic heterocycles. The number of likely N-dealkylation sites (N-methyl/N-ethyl adjacent to an activating group) is 1. The Morgan fingerprint density at radius 3 is 2.58 bits per heavy atom. The van der Waals surface area contributed by atoms with Gasteiger partial charge in [0.05, 0.1) is 17.2 Å². The van der Waals surface area contributed by atoms with Gasteiger partial charge < -0.3 is 14.7 Å². The zero-order valence-electron chi connectivity index (χ0n) is 13.4. The number of benzene rings is 2. The summed E-state index contributed by atoms with van der Waals surface area (Å²) in [5.41, 5.74) is 0.765. The summed E-state index contributed by atoms with van der Waals surface area (Å²) in [6, 6.07) is 14.0. The van der Waals surface area contributed by atoms with Gasteiger partial charge >= 0.3 is 0 Å². The molecule has 0 heterocycles. The highest BCUT2D eigenvalue weighted by atomic mass is 79.9. The van der Waals surface area contributed by atoms with Crippen molar-refractivity contribution in [3.63, 3.8) is 0 Å². The lowest BCUT2D eigenvalue weighted by atomic mass is 10.0. The van der Waals surface area contributed by atoms with E-state index in [1.165, 1.54) is 4.90 Å². The zero-order chi connectivity index (χ0) is 17.7. The number of halogens is 2. The van der Waals surface area contributed by atoms with Crippen LogP contribution in [0.4, 0.5) is 0 Å². The van der Waals surface area contributed by atoms with Gasteiger partial charge in [-0.1, -0.05) is 57.9 Å². The van der Waals surface area contributed by atoms with Gasteiger partial charge in [0, 0.05) is 11.5 Å². The Balaban J connectivity index is 1.96. The first kappa shape index (κ1) is 18.8. The van der Waals surface area contributed by atoms with Gasteiger partial charge in [-0.3, -0.25) is 4.79 Å². The standard InChI is InChI=1S/C18H19BrClNO3/c1-12(18(23)13-6-4-3-5-7-13)21(2)17(22)11-24-16-9-8-14(19)10-15(16)20/h3-10,12,18,23H,11H2,1-2H3. The number of ether oxygens (including phenoxy) is 1. The molecule has 0 spiro atoms. The fourth-order valence-electron chi connectivity index (χ4n) is 2.20. The van der Waals surface area contributed by atoms with Gasteiger partial charge in [-0.15, -0.1) is 0 Å². The summed E-state index contributed by atoms with van der Waals surface area (Å²) in [6.45, 7) is 1.64. The minimum Gasteiger partial charge on any atom is -0.482 e. The van der Waals surface area contributed by atoms with Crippen LogP contribution in [0.25, 0.3) is 0 Å². The van der Waals surface area contributed by atoms with Crippen LogP contribution in [0, 0.1) is 0 Å². The largest absolute Gasteiger partial charge is 0.482 e. The predicted molar refractivity (Wildman–Crippen MR) is 98.3 cm³/mol. The van der Waals surface area contributed by atoms with Crippen molar-refractivity contribution in [2.75, 3.05) is 13.7 Å². The SMILES string of the molecule is CC(C(O)c1ccccc1)N(C)C(=O)COc1ccc(Br)cc1Cl. The number of aliphatic hydroxyl groups is 1. The molecule has 1 N–H and O–H groups in total. The maximum Gasteiger partial charge on any atom is 0.260 e. The van der Waals surface area contributed by atoms with Gasteiger partial charge in [-0.2, -0.15) is 0 Å². The first-order valence-corrected chi connectivity index (χ1v) is 8.63. The topological polar surface area (TPSA) is 49.8 Å². The second-order valence-corrected chi connectivity index (χ2v) is 6.79. The van der Waals surface area contributed by atoms with Gasteiger partial charge in [0.15, 0.2) is 6.61 Å². The lowest BCUT2D eigenvalue weighted by molar-refractivity contribution is -0.136. The summed E-state index contributed by atoms with van der Waals surface area (Å²) in [5, 5.41) is 10.8. The Morgan fingerprint density at radius 2 is 1.96 bits per heavy atom. The molecule has 2 aromatic carbocycles. The zero-order valence-corrected chi connectivity index (χ0v) is 15.8. The van der Waals surface area contributed by atoms with Crippen molar-refractivity contribution in [2.45, 2.75) is 19.1 Å². The van der Waals surface area contributed by atoms with E-state index in [4.69, 9.17) is 16.3 Å². The lowest BCUT2D eigenvalue weighted by Crippen LogP contribution is -2.41. The molecule has 24 heavy (non-hydrogen) atoms. The molecule has 2 aromatic rings. The number of amides is 1. The molecule has 0 saturated carbocycles. The molecule has 2 unspecified atom stereocenters. The second-order valence-electron chi connectivity index (χ2n) is 5.46. The van der Waals surface area contributed by atoms with E-state index in [1.54, 1.807) is 32.2 Å². The van der Waals surface area contributed by atoms with E-state index in [9.17, 15) is 9.90 Å². The van der Waals surface area contributed by atoms with Crippen molar-refractivity contribution in [3.05, 3.63) is 63.6 Å². The first-order chi connectivity index (χ1) is 11.4. The van der Waals surface area contributed by atoms with Crippen LogP contribution in [0.1, 0.15) is 18.6 Å². The van der Waals surface area contributed by atoms with Crippen LogP contribution >= 0.6 is 27.5 Å². The van der Waals surface area contributed by atoms with Gasteiger partial charge in [0.1, 0.15) is 5.75 Å². The number of rotatable bonds is 6. The third kappa shape index (κ3) is 4.72. The van der Waals surface area contributed by atoms with Crippen molar-refractivity contribution < 1.29 is 14.6 Å². The number of hydrogen-bond donors (Lipinski definition) is 1. The van der Waals surface area contributed by atoms with Crippen LogP contribution in [0.2, 0.25) is 5.02 Å². The van der Waals surface area contributed by atoms with Gasteiger partial charge in [-0.25, -0.2) is 0 Å². The molecule has 2 rings (SSSR count). The molecule has 1 amide bonds. The molecule has 2 atom stereocenters. The highest BCUT2D eigenvalue weighted by Crippen LogP contribution is 2.28. The maximum absolute atomic E-state index is 12.3. The van der Waals surface area contributed by atoms with Crippen molar-refractivity contribution in [2.24, 2.45) is 0 Å². The minimum atomic E-state index is -0.767. The summed E-state index contributed by atoms with van der Waals surface area (Å²) in [7, 11) is 1.64. The average molecular weight is 413 g/mol. The highest BCUT2D eigenvalue weighted by Gasteiger charge is 2.24. The Labute approximate surface area is 155 Å². The van der Waals surface area contributed by atoms with Gasteiger partial charge in [-0.05, 0) is 30.7 Å². The van der Waals surface area contributed by atoms with E-state index < -0.39 is 6.10 Å². The normalized spacial score (nSPS) is 13.2. The monoisotopic (exact) mass is 411 g/mol. The predicted octanol–water partition coefficient (Wildman–Crippen LogP) is 4.06. The molecule has 0 aliphatic carbocycles. The van der Waals surface area contributed by atoms with Crippen LogP contribution in [-0.2, 0) is 4.79 Å². The number of carbonyl (C=O) groups is 1. The molecule has 0 bridgehead atoms. The first-order valence-electron chi connectivity index (χ1n) is 7.46. The number of aliphatic hydroxyl groups excluding tert-OH is 1. The molecule has 0 aliphatic rings. The van der Waals surface area contributed by atoms with Crippen molar-refractivity contribution in [1.29, 1.82) is 0 Å². The molecule has 0 aliphatic heterocycles. The summed E-state index contributed by atoms with van der Waals surface area (Å²) < 4.78 is 6.32. The van der Waals surface area contributed by atoms with E-state index in [1.807, 2.05) is 30.3 Å². The smallest absolute Gasteiger partial charge is 0.260 e. The number of nitrogens with zero attached hydrogens (tertiary/aromatic N) is 1. The molecule has 6 heteroatoms. The summed E-state index contributed by atoms with van der Waals surface area (Å²) >= 11 is 9.38. The average Bonchev–Trinajstić information content (AvgIpc) is 2.59. The molecule has 128 valence electrons. The molecule has 0 saturated heterocycles. The fourth-order valence-corrected chi connectivity index (χ4v) is 2.93. The summed E-state index contributed by atoms with van der Waals surface area (Å²) in [4.78, 5) is 13.8. The summed E-state index contributed by atoms with van der Waals surface area (Å²) in [5.74, 6) is 0.203. The Bertz CT molecular complexity index is 696. The fraction of sp³-hybridized carbons (Fsp3) is 0.278. The van der Waals surface area contributed by atoms with Crippen LogP contribution in [0.15, 0.2) is 53.0 Å². The van der Waals surface area contributed by atoms with Crippen LogP contribution in [0.5, 0.6) is 5.75 Å². The Morgan fingerprint density at radius 1 is 1.29 bits per heavy atom. The molecule has 0 fully saturated rings. The Hall–Kier alpha value is -1.56. The van der Waals surface area contributed by atoms with Crippen molar-refractivity contribution in [3.8, 4) is 5.75 Å². The number of carbonyl (C=O) groups excluding carboxylic acids is 1. The third-order valence-corrected chi connectivity index (χ3v) is 4.64. The summed E-state index contributed by atoms with van der Waals surface area (Å²) in [6.07, 6.45) is -0.767. The quantitative estimate of drug-likeness (QED) is 0.778. The van der Waals surface area contributed by atoms with Gasteiger partial charge in [0.2, 0.25) is 0 Å². The highest BCUT2D eigenvalue weighted by molar-refractivity contribution is 9.10. The van der Waals surface area contributed by atoms with Crippen LogP contribution in [0.3, 0.4) is 0 Å². The van der Waals surface area contributed by atoms with Crippen molar-refractivity contribution in [1.82, 2.24) is 4.90 Å². The van der Waals surface area contributed by atoms with E-state index in [2.05, 4.69) is 15.9 Å². The van der Waals surface area contributed by atoms with E-state index >= 15 is 0 Å². The number of hydrogen-bond acceptors (Lipinski definition) is 3. The van der Waals surface area contributed by atoms with Crippen LogP contribution < -0.4 is 4.74 Å². The van der Waals surface area contributed by atoms with Crippen molar-refractivity contribution >= 4 is 33.4 Å². The molecular formula is C18H19BrClNO3. The van der Waals surface area contributed by atoms with E-state index in [0.29, 0.717) is 10.8 Å². The molecular weight excluding hydrogens is 394 g/mol.